The Morgan fingerprint density at radius 3 is 2.46 bits per heavy atom. The van der Waals surface area contributed by atoms with Gasteiger partial charge in [-0.3, -0.25) is 9.35 Å². The zero-order chi connectivity index (χ0) is 20.9. The van der Waals surface area contributed by atoms with E-state index in [1.165, 1.54) is 5.71 Å². The monoisotopic (exact) mass is 424 g/mol. The molecule has 0 amide bonds. The Balaban J connectivity index is 2.02. The number of thiophene rings is 1. The van der Waals surface area contributed by atoms with Crippen LogP contribution in [0.4, 0.5) is 5.69 Å². The van der Waals surface area contributed by atoms with Crippen LogP contribution in [0.25, 0.3) is 10.1 Å². The van der Waals surface area contributed by atoms with Gasteiger partial charge in [0.2, 0.25) is 5.69 Å². The Morgan fingerprint density at radius 1 is 1.18 bits per heavy atom. The summed E-state index contributed by atoms with van der Waals surface area (Å²) in [6.45, 7) is 9.10. The highest BCUT2D eigenvalue weighted by Gasteiger charge is 2.45. The average molecular weight is 425 g/mol. The van der Waals surface area contributed by atoms with Gasteiger partial charge in [0.15, 0.2) is 5.71 Å². The maximum absolute atomic E-state index is 11.7. The fourth-order valence-electron chi connectivity index (χ4n) is 4.03. The van der Waals surface area contributed by atoms with E-state index in [4.69, 9.17) is 5.11 Å². The summed E-state index contributed by atoms with van der Waals surface area (Å²) in [6, 6.07) is 3.68. The molecule has 0 radical (unpaired) electrons. The van der Waals surface area contributed by atoms with Gasteiger partial charge in [0.1, 0.15) is 10.8 Å². The third kappa shape index (κ3) is 3.60. The van der Waals surface area contributed by atoms with Crippen molar-refractivity contribution in [2.24, 2.45) is 0 Å². The molecule has 152 valence electrons. The van der Waals surface area contributed by atoms with Crippen LogP contribution in [0.3, 0.4) is 0 Å². The standard InChI is InChI=1S/C20H25NO5S2/c1-12-10-15-18(14-11-17(27-19(12)14)28(24,25)26)20(3,4)13(2)21(15)9-7-5-6-8-16(22)23/h10-11H,5-9H2,1-4H3,(H-,22,23,24,25,26)/p+1. The molecule has 1 aromatic carbocycles. The molecule has 0 fully saturated rings. The maximum Gasteiger partial charge on any atom is 0.304 e. The lowest BCUT2D eigenvalue weighted by atomic mass is 9.80. The Bertz CT molecular complexity index is 1090. The summed E-state index contributed by atoms with van der Waals surface area (Å²) >= 11 is 1.11. The van der Waals surface area contributed by atoms with Crippen LogP contribution in [0.1, 0.15) is 57.6 Å². The molecule has 0 aliphatic carbocycles. The second-order valence-electron chi connectivity index (χ2n) is 7.94. The lowest BCUT2D eigenvalue weighted by Gasteiger charge is -2.16. The Morgan fingerprint density at radius 2 is 1.86 bits per heavy atom. The van der Waals surface area contributed by atoms with Crippen molar-refractivity contribution in [2.75, 3.05) is 6.54 Å². The van der Waals surface area contributed by atoms with E-state index < -0.39 is 16.1 Å². The first-order chi connectivity index (χ1) is 12.9. The van der Waals surface area contributed by atoms with E-state index in [-0.39, 0.29) is 16.0 Å². The minimum Gasteiger partial charge on any atom is -0.481 e. The van der Waals surface area contributed by atoms with E-state index in [0.29, 0.717) is 6.42 Å². The van der Waals surface area contributed by atoms with E-state index in [9.17, 15) is 17.8 Å². The van der Waals surface area contributed by atoms with Crippen molar-refractivity contribution in [3.05, 3.63) is 23.3 Å². The van der Waals surface area contributed by atoms with Crippen LogP contribution in [0.2, 0.25) is 0 Å². The second-order valence-corrected chi connectivity index (χ2v) is 10.6. The Labute approximate surface area is 169 Å². The SMILES string of the molecule is CC1=[N+](CCCCCC(=O)O)c2cc(C)c3sc(S(=O)(=O)O)cc3c2C1(C)C. The number of rotatable bonds is 7. The first-order valence-electron chi connectivity index (χ1n) is 9.33. The van der Waals surface area contributed by atoms with Gasteiger partial charge in [-0.25, -0.2) is 0 Å². The number of carboxylic acids is 1. The van der Waals surface area contributed by atoms with E-state index in [1.807, 2.05) is 6.92 Å². The van der Waals surface area contributed by atoms with E-state index >= 15 is 0 Å². The molecule has 1 aliphatic heterocycles. The molecule has 0 spiro atoms. The number of nitrogens with zero attached hydrogens (tertiary/aromatic N) is 1. The first-order valence-corrected chi connectivity index (χ1v) is 11.6. The molecular weight excluding hydrogens is 398 g/mol. The summed E-state index contributed by atoms with van der Waals surface area (Å²) in [6.07, 6.45) is 2.59. The van der Waals surface area contributed by atoms with Gasteiger partial charge in [0.25, 0.3) is 0 Å². The first kappa shape index (κ1) is 21.0. The number of benzene rings is 1. The smallest absolute Gasteiger partial charge is 0.304 e. The zero-order valence-corrected chi connectivity index (χ0v) is 18.2. The van der Waals surface area contributed by atoms with Crippen LogP contribution in [-0.2, 0) is 20.3 Å². The van der Waals surface area contributed by atoms with Crippen LogP contribution in [0.15, 0.2) is 16.3 Å². The van der Waals surface area contributed by atoms with Gasteiger partial charge < -0.3 is 5.11 Å². The molecule has 8 heteroatoms. The molecule has 0 unspecified atom stereocenters. The van der Waals surface area contributed by atoms with Crippen LogP contribution in [0.5, 0.6) is 0 Å². The third-order valence-corrected chi connectivity index (χ3v) is 8.27. The molecule has 2 aromatic rings. The maximum atomic E-state index is 11.7. The van der Waals surface area contributed by atoms with Crippen molar-refractivity contribution in [3.63, 3.8) is 0 Å². The summed E-state index contributed by atoms with van der Waals surface area (Å²) in [5, 5.41) is 9.66. The largest absolute Gasteiger partial charge is 0.481 e. The highest BCUT2D eigenvalue weighted by molar-refractivity contribution is 7.88. The predicted molar refractivity (Wildman–Crippen MR) is 111 cm³/mol. The van der Waals surface area contributed by atoms with Crippen molar-refractivity contribution < 1.29 is 27.4 Å². The van der Waals surface area contributed by atoms with Gasteiger partial charge in [0.05, 0.1) is 5.41 Å². The number of hydrogen-bond acceptors (Lipinski definition) is 4. The highest BCUT2D eigenvalue weighted by atomic mass is 32.3. The van der Waals surface area contributed by atoms with Gasteiger partial charge in [-0.15, -0.1) is 11.3 Å². The van der Waals surface area contributed by atoms with E-state index in [1.54, 1.807) is 6.07 Å². The van der Waals surface area contributed by atoms with Crippen molar-refractivity contribution >= 4 is 48.9 Å². The van der Waals surface area contributed by atoms with Crippen molar-refractivity contribution in [1.82, 2.24) is 0 Å². The van der Waals surface area contributed by atoms with E-state index in [2.05, 4.69) is 31.4 Å². The summed E-state index contributed by atoms with van der Waals surface area (Å²) < 4.78 is 35.9. The summed E-state index contributed by atoms with van der Waals surface area (Å²) in [5.74, 6) is -0.763. The molecular formula is C20H26NO5S2+. The van der Waals surface area contributed by atoms with Crippen LogP contribution in [0, 0.1) is 6.92 Å². The molecule has 0 saturated carbocycles. The predicted octanol–water partition coefficient (Wildman–Crippen LogP) is 4.50. The van der Waals surface area contributed by atoms with Gasteiger partial charge in [0, 0.05) is 41.5 Å². The van der Waals surface area contributed by atoms with Crippen molar-refractivity contribution in [2.45, 2.75) is 63.0 Å². The highest BCUT2D eigenvalue weighted by Crippen LogP contribution is 2.47. The number of unbranched alkanes of at least 4 members (excludes halogenated alkanes) is 2. The molecule has 3 rings (SSSR count). The van der Waals surface area contributed by atoms with Crippen LogP contribution < -0.4 is 0 Å². The number of carboxylic acid groups (broad SMARTS) is 1. The van der Waals surface area contributed by atoms with Gasteiger partial charge in [-0.05, 0) is 45.2 Å². The van der Waals surface area contributed by atoms with Crippen molar-refractivity contribution in [1.29, 1.82) is 0 Å². The van der Waals surface area contributed by atoms with Crippen molar-refractivity contribution in [3.8, 4) is 0 Å². The molecule has 1 aromatic heterocycles. The summed E-state index contributed by atoms with van der Waals surface area (Å²) in [5.41, 5.74) is 4.06. The topological polar surface area (TPSA) is 94.7 Å². The van der Waals surface area contributed by atoms with Crippen LogP contribution in [-0.4, -0.2) is 40.9 Å². The Hall–Kier alpha value is -1.77. The number of fused-ring (bicyclic) bond motifs is 3. The van der Waals surface area contributed by atoms with Gasteiger partial charge in [-0.1, -0.05) is 0 Å². The number of carbonyl (C=O) groups is 1. The molecule has 0 saturated heterocycles. The molecule has 0 bridgehead atoms. The average Bonchev–Trinajstić information content (AvgIpc) is 3.08. The quantitative estimate of drug-likeness (QED) is 0.388. The summed E-state index contributed by atoms with van der Waals surface area (Å²) in [7, 11) is -4.24. The number of aliphatic carboxylic acids is 1. The molecule has 2 heterocycles. The normalized spacial score (nSPS) is 16.0. The van der Waals surface area contributed by atoms with E-state index in [0.717, 1.165) is 57.6 Å². The third-order valence-electron chi connectivity index (χ3n) is 5.70. The fraction of sp³-hybridized carbons (Fsp3) is 0.500. The molecule has 28 heavy (non-hydrogen) atoms. The number of aryl methyl sites for hydroxylation is 1. The van der Waals surface area contributed by atoms with Gasteiger partial charge in [-0.2, -0.15) is 13.0 Å². The zero-order valence-electron chi connectivity index (χ0n) is 16.6. The minimum atomic E-state index is -4.24. The Kier molecular flexibility index (Phi) is 5.42. The second kappa shape index (κ2) is 7.24. The summed E-state index contributed by atoms with van der Waals surface area (Å²) in [4.78, 5) is 10.7. The lowest BCUT2D eigenvalue weighted by molar-refractivity contribution is -0.439. The molecule has 0 atom stereocenters. The lowest BCUT2D eigenvalue weighted by Crippen LogP contribution is -2.26. The van der Waals surface area contributed by atoms with Gasteiger partial charge >= 0.3 is 16.1 Å². The number of hydrogen-bond donors (Lipinski definition) is 2. The minimum absolute atomic E-state index is 0.0282. The fourth-order valence-corrected chi connectivity index (χ4v) is 5.84. The molecule has 6 nitrogen and oxygen atoms in total. The molecule has 1 aliphatic rings. The van der Waals surface area contributed by atoms with Crippen LogP contribution >= 0.6 is 11.3 Å². The molecule has 2 N–H and O–H groups in total.